The van der Waals surface area contributed by atoms with Crippen molar-refractivity contribution in [1.82, 2.24) is 24.3 Å². The molecule has 0 saturated heterocycles. The number of hydrogen-bond donors (Lipinski definition) is 2. The van der Waals surface area contributed by atoms with Crippen LogP contribution in [-0.4, -0.2) is 30.6 Å². The van der Waals surface area contributed by atoms with Crippen LogP contribution in [-0.2, 0) is 7.05 Å². The number of nitrogens with zero attached hydrogens (tertiary/aromatic N) is 4. The predicted octanol–water partition coefficient (Wildman–Crippen LogP) is 4.44. The van der Waals surface area contributed by atoms with Crippen molar-refractivity contribution in [3.05, 3.63) is 40.6 Å². The molecule has 6 nitrogen and oxygen atoms in total. The number of aromatic nitrogens is 5. The Morgan fingerprint density at radius 2 is 2.04 bits per heavy atom. The molecule has 0 aliphatic heterocycles. The molecule has 136 valence electrons. The number of thiol groups is 1. The van der Waals surface area contributed by atoms with Gasteiger partial charge in [-0.2, -0.15) is 17.7 Å². The SMILES string of the molecule is C=Cc1nn(PI)c2ncc(-c3c(C)[nH]n(C)c3=O)cc12.CC.CS. The van der Waals surface area contributed by atoms with E-state index in [2.05, 4.69) is 56.4 Å². The first-order valence-corrected chi connectivity index (χ1v) is 12.6. The molecule has 0 aromatic carbocycles. The lowest BCUT2D eigenvalue weighted by Gasteiger charge is -2.00. The number of fused-ring (bicyclic) bond motifs is 1. The normalized spacial score (nSPS) is 10.4. The lowest BCUT2D eigenvalue weighted by molar-refractivity contribution is 0.731. The van der Waals surface area contributed by atoms with E-state index < -0.39 is 0 Å². The number of nitrogens with one attached hydrogen (secondary N) is 1. The molecule has 0 saturated carbocycles. The van der Waals surface area contributed by atoms with Gasteiger partial charge in [0, 0.05) is 29.9 Å². The summed E-state index contributed by atoms with van der Waals surface area (Å²) in [5, 5.41) is 8.38. The molecule has 9 heteroatoms. The van der Waals surface area contributed by atoms with Crippen LogP contribution in [0.4, 0.5) is 0 Å². The minimum absolute atomic E-state index is 0.0584. The summed E-state index contributed by atoms with van der Waals surface area (Å²) in [7, 11) is 1.70. The molecule has 0 aliphatic rings. The van der Waals surface area contributed by atoms with Gasteiger partial charge in [-0.05, 0) is 47.4 Å². The number of pyridine rings is 1. The van der Waals surface area contributed by atoms with Crippen molar-refractivity contribution in [2.24, 2.45) is 7.05 Å². The van der Waals surface area contributed by atoms with Crippen molar-refractivity contribution in [1.29, 1.82) is 0 Å². The number of aryl methyl sites for hydroxylation is 2. The van der Waals surface area contributed by atoms with Crippen LogP contribution in [0.1, 0.15) is 25.2 Å². The number of H-pyrrole nitrogens is 1. The van der Waals surface area contributed by atoms with Crippen LogP contribution in [0.5, 0.6) is 0 Å². The number of rotatable bonds is 3. The number of halogens is 1. The van der Waals surface area contributed by atoms with Crippen LogP contribution < -0.4 is 5.56 Å². The highest BCUT2D eigenvalue weighted by atomic mass is 127. The average Bonchev–Trinajstić information content (AvgIpc) is 3.14. The Balaban J connectivity index is 0.000000730. The smallest absolute Gasteiger partial charge is 0.274 e. The van der Waals surface area contributed by atoms with Gasteiger partial charge in [0.05, 0.1) is 17.6 Å². The molecule has 3 rings (SSSR count). The van der Waals surface area contributed by atoms with Gasteiger partial charge in [0.15, 0.2) is 5.65 Å². The van der Waals surface area contributed by atoms with Gasteiger partial charge in [0.1, 0.15) is 0 Å². The van der Waals surface area contributed by atoms with Crippen LogP contribution in [0, 0.1) is 6.92 Å². The molecule has 1 atom stereocenters. The average molecular weight is 491 g/mol. The third-order valence-electron chi connectivity index (χ3n) is 3.34. The van der Waals surface area contributed by atoms with E-state index in [0.29, 0.717) is 11.9 Å². The van der Waals surface area contributed by atoms with Gasteiger partial charge in [-0.3, -0.25) is 14.6 Å². The molecular weight excluding hydrogens is 468 g/mol. The first-order valence-electron chi connectivity index (χ1n) is 7.65. The van der Waals surface area contributed by atoms with Crippen LogP contribution >= 0.6 is 41.0 Å². The first-order chi connectivity index (χ1) is 12.1. The van der Waals surface area contributed by atoms with Crippen molar-refractivity contribution < 1.29 is 0 Å². The lowest BCUT2D eigenvalue weighted by atomic mass is 10.1. The zero-order valence-electron chi connectivity index (χ0n) is 15.0. The third kappa shape index (κ3) is 4.35. The fourth-order valence-corrected chi connectivity index (χ4v) is 3.81. The maximum atomic E-state index is 12.2. The minimum atomic E-state index is -0.0584. The minimum Gasteiger partial charge on any atom is -0.300 e. The molecule has 0 fully saturated rings. The lowest BCUT2D eigenvalue weighted by Crippen LogP contribution is -2.13. The van der Waals surface area contributed by atoms with Crippen molar-refractivity contribution in [3.8, 4) is 11.1 Å². The van der Waals surface area contributed by atoms with Crippen molar-refractivity contribution in [2.75, 3.05) is 6.26 Å². The summed E-state index contributed by atoms with van der Waals surface area (Å²) >= 11 is 5.79. The maximum absolute atomic E-state index is 12.2. The van der Waals surface area contributed by atoms with Gasteiger partial charge in [-0.1, -0.05) is 20.4 Å². The molecule has 0 radical (unpaired) electrons. The Kier molecular flexibility index (Phi) is 8.88. The fourth-order valence-electron chi connectivity index (χ4n) is 2.40. The molecule has 0 amide bonds. The Bertz CT molecular complexity index is 915. The maximum Gasteiger partial charge on any atom is 0.274 e. The highest BCUT2D eigenvalue weighted by molar-refractivity contribution is 14.2. The van der Waals surface area contributed by atoms with Crippen molar-refractivity contribution in [2.45, 2.75) is 20.8 Å². The molecule has 1 unspecified atom stereocenters. The summed E-state index contributed by atoms with van der Waals surface area (Å²) in [6.45, 7) is 9.68. The van der Waals surface area contributed by atoms with Crippen molar-refractivity contribution >= 4 is 58.2 Å². The van der Waals surface area contributed by atoms with Gasteiger partial charge < -0.3 is 0 Å². The van der Waals surface area contributed by atoms with Gasteiger partial charge >= 0.3 is 0 Å². The first kappa shape index (κ1) is 21.9. The van der Waals surface area contributed by atoms with Gasteiger partial charge in [0.25, 0.3) is 5.56 Å². The number of aromatic amines is 1. The summed E-state index contributed by atoms with van der Waals surface area (Å²) in [5.74, 6) is 0. The Morgan fingerprint density at radius 3 is 2.52 bits per heavy atom. The van der Waals surface area contributed by atoms with Gasteiger partial charge in [-0.25, -0.2) is 9.44 Å². The Hall–Kier alpha value is -1.12. The summed E-state index contributed by atoms with van der Waals surface area (Å²) in [5.41, 5.74) is 3.80. The molecule has 3 aromatic heterocycles. The van der Waals surface area contributed by atoms with Crippen LogP contribution in [0.25, 0.3) is 28.2 Å². The predicted molar refractivity (Wildman–Crippen MR) is 121 cm³/mol. The Labute approximate surface area is 167 Å². The molecule has 0 aliphatic carbocycles. The van der Waals surface area contributed by atoms with E-state index >= 15 is 0 Å². The highest BCUT2D eigenvalue weighted by Crippen LogP contribution is 2.31. The van der Waals surface area contributed by atoms with Crippen molar-refractivity contribution in [3.63, 3.8) is 0 Å². The molecule has 0 bridgehead atoms. The van der Waals surface area contributed by atoms with Gasteiger partial charge in [0.2, 0.25) is 0 Å². The van der Waals surface area contributed by atoms with Crippen LogP contribution in [0.15, 0.2) is 23.6 Å². The monoisotopic (exact) mass is 491 g/mol. The molecule has 1 N–H and O–H groups in total. The fraction of sp³-hybridized carbons (Fsp3) is 0.312. The van der Waals surface area contributed by atoms with E-state index in [9.17, 15) is 4.79 Å². The van der Waals surface area contributed by atoms with E-state index in [1.54, 1.807) is 25.6 Å². The van der Waals surface area contributed by atoms with E-state index in [0.717, 1.165) is 28.0 Å². The largest absolute Gasteiger partial charge is 0.300 e. The quantitative estimate of drug-likeness (QED) is 0.324. The molecular formula is C16H23IN5OPS. The summed E-state index contributed by atoms with van der Waals surface area (Å²) in [6.07, 6.45) is 5.59. The third-order valence-corrected chi connectivity index (χ3v) is 5.18. The Morgan fingerprint density at radius 1 is 1.40 bits per heavy atom. The van der Waals surface area contributed by atoms with E-state index in [1.165, 1.54) is 4.68 Å². The van der Waals surface area contributed by atoms with Crippen LogP contribution in [0.3, 0.4) is 0 Å². The van der Waals surface area contributed by atoms with E-state index in [1.807, 2.05) is 31.3 Å². The van der Waals surface area contributed by atoms with Crippen LogP contribution in [0.2, 0.25) is 0 Å². The topological polar surface area (TPSA) is 68.5 Å². The second-order valence-electron chi connectivity index (χ2n) is 4.66. The zero-order valence-corrected chi connectivity index (χ0v) is 19.0. The molecule has 3 heterocycles. The van der Waals surface area contributed by atoms with E-state index in [-0.39, 0.29) is 5.56 Å². The summed E-state index contributed by atoms with van der Waals surface area (Å²) in [4.78, 5) is 16.7. The van der Waals surface area contributed by atoms with Gasteiger partial charge in [-0.15, -0.1) is 0 Å². The standard InChI is InChI=1S/C13H13IN5OP.C2H6.CH4S/c1-4-10-9-5-8(6-15-12(9)19(17-10)21-14)11-7(2)16-18(3)13(11)20;2*1-2/h4-6,16,21H,1H2,2-3H3;1-2H3;2H,1H3. The summed E-state index contributed by atoms with van der Waals surface area (Å²) in [6, 6.07) is 1.96. The molecule has 25 heavy (non-hydrogen) atoms. The summed E-state index contributed by atoms with van der Waals surface area (Å²) < 4.78 is 3.32. The second-order valence-corrected chi connectivity index (χ2v) is 6.70. The highest BCUT2D eigenvalue weighted by Gasteiger charge is 2.15. The number of hydrogen-bond acceptors (Lipinski definition) is 4. The van der Waals surface area contributed by atoms with E-state index in [4.69, 9.17) is 0 Å². The zero-order chi connectivity index (χ0) is 19.1. The second kappa shape index (κ2) is 10.1. The molecule has 0 spiro atoms. The molecule has 3 aromatic rings.